The average Bonchev–Trinajstić information content (AvgIpc) is 3.46. The second-order valence-corrected chi connectivity index (χ2v) is 8.21. The number of ether oxygens (including phenoxy) is 2. The molecule has 4 rings (SSSR count). The lowest BCUT2D eigenvalue weighted by Gasteiger charge is -2.23. The minimum atomic E-state index is -0.560. The Bertz CT molecular complexity index is 993. The molecule has 2 heterocycles. The maximum absolute atomic E-state index is 13.0. The summed E-state index contributed by atoms with van der Waals surface area (Å²) < 4.78 is 11.1. The molecule has 0 bridgehead atoms. The first-order chi connectivity index (χ1) is 15.0. The van der Waals surface area contributed by atoms with E-state index in [4.69, 9.17) is 21.1 Å². The smallest absolute Gasteiger partial charge is 0.313 e. The van der Waals surface area contributed by atoms with E-state index in [2.05, 4.69) is 4.90 Å². The van der Waals surface area contributed by atoms with Gasteiger partial charge in [-0.15, -0.1) is 0 Å². The van der Waals surface area contributed by atoms with Crippen LogP contribution in [0.2, 0.25) is 5.02 Å². The summed E-state index contributed by atoms with van der Waals surface area (Å²) in [5.41, 5.74) is 0.247. The summed E-state index contributed by atoms with van der Waals surface area (Å²) in [4.78, 5) is 28.1. The maximum Gasteiger partial charge on any atom is 0.313 e. The van der Waals surface area contributed by atoms with E-state index in [9.17, 15) is 14.9 Å². The molecule has 2 fully saturated rings. The number of carbonyl (C=O) groups is 1. The minimum absolute atomic E-state index is 0.0415. The molecule has 1 atom stereocenters. The fourth-order valence-corrected chi connectivity index (χ4v) is 4.40. The molecular formula is C22H24ClN3O5. The van der Waals surface area contributed by atoms with Crippen molar-refractivity contribution in [1.82, 2.24) is 9.80 Å². The summed E-state index contributed by atoms with van der Waals surface area (Å²) in [7, 11) is 1.46. The standard InChI is InChI=1S/C22H24ClN3O5/c1-30-21-12-15(22(27)25-11-8-17(14-25)24-9-2-3-10-24)4-6-20(21)31-19-7-5-16(23)13-18(19)26(28)29/h4-7,12-13,17H,2-3,8-11,14H2,1H3. The molecule has 0 aromatic heterocycles. The zero-order valence-corrected chi connectivity index (χ0v) is 18.0. The van der Waals surface area contributed by atoms with Crippen molar-refractivity contribution in [2.24, 2.45) is 0 Å². The van der Waals surface area contributed by atoms with Crippen LogP contribution >= 0.6 is 11.6 Å². The highest BCUT2D eigenvalue weighted by Crippen LogP contribution is 2.38. The summed E-state index contributed by atoms with van der Waals surface area (Å²) in [6, 6.07) is 9.47. The molecule has 2 aliphatic heterocycles. The van der Waals surface area contributed by atoms with Gasteiger partial charge >= 0.3 is 5.69 Å². The second-order valence-electron chi connectivity index (χ2n) is 7.77. The number of hydrogen-bond donors (Lipinski definition) is 0. The van der Waals surface area contributed by atoms with Gasteiger partial charge in [-0.05, 0) is 62.7 Å². The van der Waals surface area contributed by atoms with E-state index in [1.807, 2.05) is 4.90 Å². The Hall–Kier alpha value is -2.84. The number of amides is 1. The van der Waals surface area contributed by atoms with E-state index in [1.165, 1.54) is 38.2 Å². The lowest BCUT2D eigenvalue weighted by Crippen LogP contribution is -2.37. The lowest BCUT2D eigenvalue weighted by molar-refractivity contribution is -0.385. The Kier molecular flexibility index (Phi) is 6.29. The number of rotatable bonds is 6. The zero-order chi connectivity index (χ0) is 22.0. The largest absolute Gasteiger partial charge is 0.493 e. The third kappa shape index (κ3) is 4.60. The molecular weight excluding hydrogens is 422 g/mol. The molecule has 0 radical (unpaired) electrons. The summed E-state index contributed by atoms with van der Waals surface area (Å²) >= 11 is 5.86. The summed E-state index contributed by atoms with van der Waals surface area (Å²) in [5, 5.41) is 11.6. The third-order valence-corrected chi connectivity index (χ3v) is 6.09. The van der Waals surface area contributed by atoms with E-state index in [0.717, 1.165) is 32.6 Å². The van der Waals surface area contributed by atoms with Gasteiger partial charge in [0.2, 0.25) is 5.75 Å². The Morgan fingerprint density at radius 2 is 1.84 bits per heavy atom. The number of nitro benzene ring substituents is 1. The summed E-state index contributed by atoms with van der Waals surface area (Å²) in [6.45, 7) is 3.70. The van der Waals surface area contributed by atoms with Crippen molar-refractivity contribution in [2.75, 3.05) is 33.3 Å². The lowest BCUT2D eigenvalue weighted by atomic mass is 10.1. The van der Waals surface area contributed by atoms with Crippen molar-refractivity contribution in [1.29, 1.82) is 0 Å². The van der Waals surface area contributed by atoms with Crippen LogP contribution in [0.15, 0.2) is 36.4 Å². The topological polar surface area (TPSA) is 85.2 Å². The van der Waals surface area contributed by atoms with E-state index in [-0.39, 0.29) is 28.1 Å². The number of methoxy groups -OCH3 is 1. The highest BCUT2D eigenvalue weighted by atomic mass is 35.5. The first-order valence-corrected chi connectivity index (χ1v) is 10.7. The Labute approximate surface area is 185 Å². The molecule has 0 N–H and O–H groups in total. The minimum Gasteiger partial charge on any atom is -0.493 e. The van der Waals surface area contributed by atoms with Gasteiger partial charge in [0.1, 0.15) is 0 Å². The second kappa shape index (κ2) is 9.11. The van der Waals surface area contributed by atoms with E-state index in [1.54, 1.807) is 18.2 Å². The molecule has 0 aliphatic carbocycles. The van der Waals surface area contributed by atoms with Crippen molar-refractivity contribution >= 4 is 23.2 Å². The molecule has 9 heteroatoms. The van der Waals surface area contributed by atoms with Crippen LogP contribution < -0.4 is 9.47 Å². The van der Waals surface area contributed by atoms with Gasteiger partial charge in [-0.1, -0.05) is 11.6 Å². The number of halogens is 1. The molecule has 1 unspecified atom stereocenters. The van der Waals surface area contributed by atoms with E-state index in [0.29, 0.717) is 17.4 Å². The van der Waals surface area contributed by atoms with Crippen molar-refractivity contribution < 1.29 is 19.2 Å². The number of carbonyl (C=O) groups excluding carboxylic acids is 1. The van der Waals surface area contributed by atoms with Gasteiger partial charge in [-0.3, -0.25) is 19.8 Å². The van der Waals surface area contributed by atoms with Crippen molar-refractivity contribution in [2.45, 2.75) is 25.3 Å². The molecule has 0 spiro atoms. The number of benzene rings is 2. The van der Waals surface area contributed by atoms with Crippen molar-refractivity contribution in [3.63, 3.8) is 0 Å². The highest BCUT2D eigenvalue weighted by molar-refractivity contribution is 6.30. The van der Waals surface area contributed by atoms with Crippen LogP contribution in [0.5, 0.6) is 17.2 Å². The number of nitrogens with zero attached hydrogens (tertiary/aromatic N) is 3. The van der Waals surface area contributed by atoms with Crippen LogP contribution in [0.1, 0.15) is 29.6 Å². The van der Waals surface area contributed by atoms with Gasteiger partial charge in [0.25, 0.3) is 5.91 Å². The summed E-state index contributed by atoms with van der Waals surface area (Å²) in [5.74, 6) is 0.593. The normalized spacial score (nSPS) is 18.9. The molecule has 2 aliphatic rings. The molecule has 164 valence electrons. The van der Waals surface area contributed by atoms with Crippen LogP contribution in [0.4, 0.5) is 5.69 Å². The Morgan fingerprint density at radius 3 is 2.55 bits per heavy atom. The SMILES string of the molecule is COc1cc(C(=O)N2CCC(N3CCCC3)C2)ccc1Oc1ccc(Cl)cc1[N+](=O)[O-]. The van der Waals surface area contributed by atoms with E-state index >= 15 is 0 Å². The maximum atomic E-state index is 13.0. The van der Waals surface area contributed by atoms with Gasteiger partial charge in [-0.25, -0.2) is 0 Å². The van der Waals surface area contributed by atoms with Gasteiger partial charge < -0.3 is 14.4 Å². The summed E-state index contributed by atoms with van der Waals surface area (Å²) in [6.07, 6.45) is 3.45. The van der Waals surface area contributed by atoms with E-state index < -0.39 is 4.92 Å². The van der Waals surface area contributed by atoms with Crippen LogP contribution in [0, 0.1) is 10.1 Å². The molecule has 31 heavy (non-hydrogen) atoms. The average molecular weight is 446 g/mol. The van der Waals surface area contributed by atoms with Crippen LogP contribution in [0.3, 0.4) is 0 Å². The third-order valence-electron chi connectivity index (χ3n) is 5.86. The Balaban J connectivity index is 1.51. The van der Waals surface area contributed by atoms with Crippen LogP contribution in [0.25, 0.3) is 0 Å². The number of likely N-dealkylation sites (tertiary alicyclic amines) is 2. The predicted octanol–water partition coefficient (Wildman–Crippen LogP) is 4.36. The fraction of sp³-hybridized carbons (Fsp3) is 0.409. The van der Waals surface area contributed by atoms with Crippen molar-refractivity contribution in [3.8, 4) is 17.2 Å². The van der Waals surface area contributed by atoms with Gasteiger partial charge in [-0.2, -0.15) is 0 Å². The first-order valence-electron chi connectivity index (χ1n) is 10.3. The number of hydrogen-bond acceptors (Lipinski definition) is 6. The molecule has 1 amide bonds. The predicted molar refractivity (Wildman–Crippen MR) is 116 cm³/mol. The number of nitro groups is 1. The van der Waals surface area contributed by atoms with Crippen LogP contribution in [-0.2, 0) is 0 Å². The quantitative estimate of drug-likeness (QED) is 0.485. The van der Waals surface area contributed by atoms with Crippen LogP contribution in [-0.4, -0.2) is 60.0 Å². The fourth-order valence-electron chi connectivity index (χ4n) is 4.24. The monoisotopic (exact) mass is 445 g/mol. The molecule has 8 nitrogen and oxygen atoms in total. The molecule has 2 aromatic carbocycles. The first kappa shape index (κ1) is 21.4. The highest BCUT2D eigenvalue weighted by Gasteiger charge is 2.32. The van der Waals surface area contributed by atoms with Gasteiger partial charge in [0.05, 0.1) is 12.0 Å². The zero-order valence-electron chi connectivity index (χ0n) is 17.3. The molecule has 2 saturated heterocycles. The molecule has 0 saturated carbocycles. The Morgan fingerprint density at radius 1 is 1.10 bits per heavy atom. The van der Waals surface area contributed by atoms with Gasteiger partial charge in [0, 0.05) is 35.8 Å². The molecule has 2 aromatic rings. The van der Waals surface area contributed by atoms with Crippen molar-refractivity contribution in [3.05, 3.63) is 57.1 Å². The van der Waals surface area contributed by atoms with Gasteiger partial charge in [0.15, 0.2) is 11.5 Å².